The Morgan fingerprint density at radius 3 is 2.53 bits per heavy atom. The van der Waals surface area contributed by atoms with Crippen molar-refractivity contribution in [1.29, 1.82) is 0 Å². The molecule has 0 N–H and O–H groups in total. The third-order valence-corrected chi connectivity index (χ3v) is 3.71. The van der Waals surface area contributed by atoms with Crippen LogP contribution in [0.3, 0.4) is 0 Å². The molecule has 1 aliphatic carbocycles. The summed E-state index contributed by atoms with van der Waals surface area (Å²) in [6.07, 6.45) is 2.68. The van der Waals surface area contributed by atoms with Gasteiger partial charge in [0, 0.05) is 25.9 Å². The SMILES string of the molecule is Cc1cc(C(=O)N(C)C2CCC(=O)CC2)c(C)nn1. The van der Waals surface area contributed by atoms with Crippen LogP contribution < -0.4 is 0 Å². The van der Waals surface area contributed by atoms with Crippen molar-refractivity contribution in [2.24, 2.45) is 0 Å². The van der Waals surface area contributed by atoms with Crippen LogP contribution in [0.25, 0.3) is 0 Å². The maximum Gasteiger partial charge on any atom is 0.255 e. The van der Waals surface area contributed by atoms with Crippen LogP contribution >= 0.6 is 0 Å². The minimum atomic E-state index is -0.0325. The second-order valence-electron chi connectivity index (χ2n) is 5.17. The molecule has 5 nitrogen and oxygen atoms in total. The van der Waals surface area contributed by atoms with E-state index in [0.717, 1.165) is 18.5 Å². The van der Waals surface area contributed by atoms with Crippen LogP contribution in [-0.4, -0.2) is 39.9 Å². The Morgan fingerprint density at radius 2 is 1.89 bits per heavy atom. The van der Waals surface area contributed by atoms with Crippen LogP contribution in [0, 0.1) is 13.8 Å². The minimum absolute atomic E-state index is 0.0325. The standard InChI is InChI=1S/C14H19N3O2/c1-9-8-13(10(2)16-15-9)14(19)17(3)11-4-6-12(18)7-5-11/h8,11H,4-7H2,1-3H3. The summed E-state index contributed by atoms with van der Waals surface area (Å²) in [6.45, 7) is 3.61. The molecule has 0 atom stereocenters. The van der Waals surface area contributed by atoms with E-state index in [1.54, 1.807) is 24.9 Å². The van der Waals surface area contributed by atoms with Crippen molar-refractivity contribution >= 4 is 11.7 Å². The van der Waals surface area contributed by atoms with E-state index < -0.39 is 0 Å². The molecular weight excluding hydrogens is 242 g/mol. The lowest BCUT2D eigenvalue weighted by molar-refractivity contribution is -0.121. The number of carbonyl (C=O) groups is 2. The van der Waals surface area contributed by atoms with E-state index in [4.69, 9.17) is 0 Å². The van der Waals surface area contributed by atoms with E-state index in [2.05, 4.69) is 10.2 Å². The van der Waals surface area contributed by atoms with Gasteiger partial charge < -0.3 is 4.90 Å². The van der Waals surface area contributed by atoms with Crippen LogP contribution in [0.4, 0.5) is 0 Å². The van der Waals surface area contributed by atoms with Gasteiger partial charge in [0.25, 0.3) is 5.91 Å². The molecule has 5 heteroatoms. The number of aromatic nitrogens is 2. The Kier molecular flexibility index (Phi) is 3.93. The molecule has 0 saturated heterocycles. The first-order valence-corrected chi connectivity index (χ1v) is 6.59. The quantitative estimate of drug-likeness (QED) is 0.812. The van der Waals surface area contributed by atoms with Gasteiger partial charge in [0.1, 0.15) is 5.78 Å². The zero-order valence-corrected chi connectivity index (χ0v) is 11.6. The van der Waals surface area contributed by atoms with E-state index in [1.165, 1.54) is 0 Å². The number of Topliss-reactive ketones (excluding diaryl/α,β-unsaturated/α-hetero) is 1. The second-order valence-corrected chi connectivity index (χ2v) is 5.17. The average molecular weight is 261 g/mol. The van der Waals surface area contributed by atoms with Crippen molar-refractivity contribution in [3.05, 3.63) is 23.0 Å². The van der Waals surface area contributed by atoms with Gasteiger partial charge in [-0.2, -0.15) is 10.2 Å². The van der Waals surface area contributed by atoms with E-state index in [9.17, 15) is 9.59 Å². The average Bonchev–Trinajstić information content (AvgIpc) is 2.41. The normalized spacial score (nSPS) is 16.5. The number of aryl methyl sites for hydroxylation is 2. The van der Waals surface area contributed by atoms with Crippen LogP contribution in [-0.2, 0) is 4.79 Å². The van der Waals surface area contributed by atoms with Crippen molar-refractivity contribution in [1.82, 2.24) is 15.1 Å². The number of rotatable bonds is 2. The van der Waals surface area contributed by atoms with Crippen LogP contribution in [0.15, 0.2) is 6.07 Å². The van der Waals surface area contributed by atoms with Gasteiger partial charge in [-0.3, -0.25) is 9.59 Å². The summed E-state index contributed by atoms with van der Waals surface area (Å²) in [5, 5.41) is 7.93. The Labute approximate surface area is 113 Å². The lowest BCUT2D eigenvalue weighted by Crippen LogP contribution is -2.40. The first-order chi connectivity index (χ1) is 8.99. The molecule has 1 aromatic heterocycles. The monoisotopic (exact) mass is 261 g/mol. The molecule has 1 aliphatic rings. The third-order valence-electron chi connectivity index (χ3n) is 3.71. The van der Waals surface area contributed by atoms with Crippen LogP contribution in [0.1, 0.15) is 47.4 Å². The number of nitrogens with zero attached hydrogens (tertiary/aromatic N) is 3. The summed E-state index contributed by atoms with van der Waals surface area (Å²) in [4.78, 5) is 25.5. The van der Waals surface area contributed by atoms with Gasteiger partial charge in [-0.1, -0.05) is 0 Å². The van der Waals surface area contributed by atoms with Crippen molar-refractivity contribution in [3.8, 4) is 0 Å². The number of hydrogen-bond donors (Lipinski definition) is 0. The fourth-order valence-electron chi connectivity index (χ4n) is 2.43. The highest BCUT2D eigenvalue weighted by atomic mass is 16.2. The molecular formula is C14H19N3O2. The molecule has 2 rings (SSSR count). The molecule has 0 aliphatic heterocycles. The number of ketones is 1. The van der Waals surface area contributed by atoms with E-state index in [0.29, 0.717) is 29.9 Å². The lowest BCUT2D eigenvalue weighted by Gasteiger charge is -2.31. The smallest absolute Gasteiger partial charge is 0.255 e. The fraction of sp³-hybridized carbons (Fsp3) is 0.571. The molecule has 102 valence electrons. The highest BCUT2D eigenvalue weighted by Crippen LogP contribution is 2.21. The molecule has 1 aromatic rings. The first-order valence-electron chi connectivity index (χ1n) is 6.59. The Bertz CT molecular complexity index is 503. The molecule has 1 saturated carbocycles. The topological polar surface area (TPSA) is 63.2 Å². The van der Waals surface area contributed by atoms with E-state index >= 15 is 0 Å². The zero-order chi connectivity index (χ0) is 14.0. The lowest BCUT2D eigenvalue weighted by atomic mass is 9.93. The van der Waals surface area contributed by atoms with E-state index in [1.807, 2.05) is 6.92 Å². The molecule has 1 heterocycles. The summed E-state index contributed by atoms with van der Waals surface area (Å²) in [7, 11) is 1.80. The van der Waals surface area contributed by atoms with Gasteiger partial charge in [0.2, 0.25) is 0 Å². The molecule has 0 bridgehead atoms. The van der Waals surface area contributed by atoms with Crippen LogP contribution in [0.2, 0.25) is 0 Å². The van der Waals surface area contributed by atoms with E-state index in [-0.39, 0.29) is 11.9 Å². The van der Waals surface area contributed by atoms with Crippen molar-refractivity contribution in [3.63, 3.8) is 0 Å². The zero-order valence-electron chi connectivity index (χ0n) is 11.6. The molecule has 1 amide bonds. The number of amides is 1. The largest absolute Gasteiger partial charge is 0.339 e. The predicted octanol–water partition coefficient (Wildman–Crippen LogP) is 1.68. The Morgan fingerprint density at radius 1 is 1.26 bits per heavy atom. The molecule has 1 fully saturated rings. The van der Waals surface area contributed by atoms with Crippen molar-refractivity contribution in [2.75, 3.05) is 7.05 Å². The molecule has 0 spiro atoms. The Balaban J connectivity index is 2.14. The number of carbonyl (C=O) groups excluding carboxylic acids is 2. The van der Waals surface area contributed by atoms with Crippen LogP contribution in [0.5, 0.6) is 0 Å². The molecule has 0 radical (unpaired) electrons. The van der Waals surface area contributed by atoms with Gasteiger partial charge in [0.05, 0.1) is 17.0 Å². The predicted molar refractivity (Wildman–Crippen MR) is 70.9 cm³/mol. The molecule has 0 unspecified atom stereocenters. The molecule has 0 aromatic carbocycles. The van der Waals surface area contributed by atoms with Crippen molar-refractivity contribution in [2.45, 2.75) is 45.6 Å². The first kappa shape index (κ1) is 13.6. The molecule has 19 heavy (non-hydrogen) atoms. The fourth-order valence-corrected chi connectivity index (χ4v) is 2.43. The van der Waals surface area contributed by atoms with Gasteiger partial charge in [-0.15, -0.1) is 0 Å². The van der Waals surface area contributed by atoms with Gasteiger partial charge in [-0.25, -0.2) is 0 Å². The summed E-state index contributed by atoms with van der Waals surface area (Å²) in [5.41, 5.74) is 1.99. The third kappa shape index (κ3) is 2.97. The highest BCUT2D eigenvalue weighted by Gasteiger charge is 2.26. The minimum Gasteiger partial charge on any atom is -0.339 e. The Hall–Kier alpha value is -1.78. The summed E-state index contributed by atoms with van der Waals surface area (Å²) >= 11 is 0. The summed E-state index contributed by atoms with van der Waals surface area (Å²) in [6, 6.07) is 1.92. The highest BCUT2D eigenvalue weighted by molar-refractivity contribution is 5.95. The maximum absolute atomic E-state index is 12.5. The summed E-state index contributed by atoms with van der Waals surface area (Å²) in [5.74, 6) is 0.268. The number of hydrogen-bond acceptors (Lipinski definition) is 4. The second kappa shape index (κ2) is 5.47. The maximum atomic E-state index is 12.5. The summed E-state index contributed by atoms with van der Waals surface area (Å²) < 4.78 is 0. The van der Waals surface area contributed by atoms with Gasteiger partial charge in [-0.05, 0) is 32.8 Å². The van der Waals surface area contributed by atoms with Crippen molar-refractivity contribution < 1.29 is 9.59 Å². The van der Waals surface area contributed by atoms with Gasteiger partial charge >= 0.3 is 0 Å². The van der Waals surface area contributed by atoms with Gasteiger partial charge in [0.15, 0.2) is 0 Å².